The summed E-state index contributed by atoms with van der Waals surface area (Å²) in [5.41, 5.74) is 0.143. The molecule has 0 rings (SSSR count). The zero-order valence-electron chi connectivity index (χ0n) is 8.87. The van der Waals surface area contributed by atoms with Gasteiger partial charge in [-0.1, -0.05) is 20.8 Å². The molecule has 86 valence electrons. The Bertz CT molecular complexity index is 133. The molecule has 0 spiro atoms. The first-order valence-corrected chi connectivity index (χ1v) is 4.56. The van der Waals surface area contributed by atoms with Crippen LogP contribution in [0.25, 0.3) is 0 Å². The van der Waals surface area contributed by atoms with Crippen LogP contribution in [0.1, 0.15) is 20.8 Å². The highest BCUT2D eigenvalue weighted by atomic mass is 19.4. The number of ether oxygens (including phenoxy) is 1. The van der Waals surface area contributed by atoms with Crippen molar-refractivity contribution in [3.8, 4) is 0 Å². The van der Waals surface area contributed by atoms with Gasteiger partial charge in [0, 0.05) is 13.1 Å². The van der Waals surface area contributed by atoms with E-state index >= 15 is 0 Å². The third-order valence-corrected chi connectivity index (χ3v) is 1.34. The molecule has 0 aliphatic heterocycles. The molecule has 2 nitrogen and oxygen atoms in total. The molecule has 0 unspecified atom stereocenters. The lowest BCUT2D eigenvalue weighted by molar-refractivity contribution is -0.173. The third-order valence-electron chi connectivity index (χ3n) is 1.34. The van der Waals surface area contributed by atoms with Crippen molar-refractivity contribution < 1.29 is 17.9 Å². The van der Waals surface area contributed by atoms with E-state index in [2.05, 4.69) is 30.8 Å². The van der Waals surface area contributed by atoms with Crippen LogP contribution in [-0.4, -0.2) is 32.5 Å². The summed E-state index contributed by atoms with van der Waals surface area (Å²) in [5.74, 6) is 0. The van der Waals surface area contributed by atoms with E-state index in [-0.39, 0.29) is 12.0 Å². The van der Waals surface area contributed by atoms with E-state index < -0.39 is 12.8 Å². The van der Waals surface area contributed by atoms with E-state index in [1.165, 1.54) is 0 Å². The number of hydrogen-bond donors (Lipinski definition) is 1. The summed E-state index contributed by atoms with van der Waals surface area (Å²) in [6, 6.07) is 0. The molecule has 0 aromatic heterocycles. The normalized spacial score (nSPS) is 13.3. The van der Waals surface area contributed by atoms with Gasteiger partial charge >= 0.3 is 6.18 Å². The molecule has 5 heteroatoms. The zero-order valence-corrected chi connectivity index (χ0v) is 8.87. The fourth-order valence-electron chi connectivity index (χ4n) is 0.796. The highest BCUT2D eigenvalue weighted by Crippen LogP contribution is 2.14. The van der Waals surface area contributed by atoms with Crippen LogP contribution in [0, 0.1) is 5.41 Å². The van der Waals surface area contributed by atoms with Gasteiger partial charge in [-0.25, -0.2) is 0 Å². The molecule has 0 heterocycles. The Balaban J connectivity index is 3.23. The maximum atomic E-state index is 11.6. The Morgan fingerprint density at radius 2 is 1.71 bits per heavy atom. The van der Waals surface area contributed by atoms with Gasteiger partial charge in [0.05, 0.1) is 6.61 Å². The average Bonchev–Trinajstić information content (AvgIpc) is 1.92. The maximum Gasteiger partial charge on any atom is 0.411 e. The van der Waals surface area contributed by atoms with E-state index in [1.54, 1.807) is 0 Å². The highest BCUT2D eigenvalue weighted by Gasteiger charge is 2.27. The molecule has 0 fully saturated rings. The molecule has 0 radical (unpaired) electrons. The van der Waals surface area contributed by atoms with Crippen LogP contribution < -0.4 is 5.32 Å². The first-order chi connectivity index (χ1) is 6.21. The predicted molar refractivity (Wildman–Crippen MR) is 49.2 cm³/mol. The smallest absolute Gasteiger partial charge is 0.371 e. The largest absolute Gasteiger partial charge is 0.411 e. The number of rotatable bonds is 5. The molecule has 14 heavy (non-hydrogen) atoms. The van der Waals surface area contributed by atoms with Crippen molar-refractivity contribution in [2.24, 2.45) is 5.41 Å². The van der Waals surface area contributed by atoms with Gasteiger partial charge in [-0.15, -0.1) is 0 Å². The minimum atomic E-state index is -4.22. The second kappa shape index (κ2) is 5.56. The van der Waals surface area contributed by atoms with E-state index in [1.807, 2.05) is 0 Å². The second-order valence-corrected chi connectivity index (χ2v) is 4.41. The fraction of sp³-hybridized carbons (Fsp3) is 1.00. The van der Waals surface area contributed by atoms with Crippen LogP contribution in [0.5, 0.6) is 0 Å². The molecular formula is C9H18F3NO. The lowest BCUT2D eigenvalue weighted by Crippen LogP contribution is -2.30. The zero-order chi connectivity index (χ0) is 11.2. The molecule has 0 aliphatic rings. The standard InChI is InChI=1S/C9H18F3NO/c1-8(2,3)6-13-4-5-14-7-9(10,11)12/h13H,4-7H2,1-3H3. The summed E-state index contributed by atoms with van der Waals surface area (Å²) in [6.45, 7) is 6.30. The van der Waals surface area contributed by atoms with Crippen LogP contribution >= 0.6 is 0 Å². The Hall–Kier alpha value is -0.290. The molecule has 1 N–H and O–H groups in total. The lowest BCUT2D eigenvalue weighted by atomic mass is 9.97. The minimum absolute atomic E-state index is 0.0928. The molecule has 0 saturated carbocycles. The van der Waals surface area contributed by atoms with Gasteiger partial charge in [0.25, 0.3) is 0 Å². The van der Waals surface area contributed by atoms with Crippen LogP contribution in [0.15, 0.2) is 0 Å². The molecule has 0 aromatic rings. The minimum Gasteiger partial charge on any atom is -0.371 e. The van der Waals surface area contributed by atoms with Crippen molar-refractivity contribution in [2.45, 2.75) is 26.9 Å². The monoisotopic (exact) mass is 213 g/mol. The van der Waals surface area contributed by atoms with Gasteiger partial charge in [0.1, 0.15) is 6.61 Å². The number of alkyl halides is 3. The van der Waals surface area contributed by atoms with E-state index in [4.69, 9.17) is 0 Å². The van der Waals surface area contributed by atoms with Crippen LogP contribution in [0.3, 0.4) is 0 Å². The molecule has 0 amide bonds. The van der Waals surface area contributed by atoms with Crippen molar-refractivity contribution in [1.82, 2.24) is 5.32 Å². The van der Waals surface area contributed by atoms with Gasteiger partial charge in [-0.3, -0.25) is 0 Å². The quantitative estimate of drug-likeness (QED) is 0.707. The van der Waals surface area contributed by atoms with Gasteiger partial charge in [0.15, 0.2) is 0 Å². The first kappa shape index (κ1) is 13.7. The third kappa shape index (κ3) is 11.7. The lowest BCUT2D eigenvalue weighted by Gasteiger charge is -2.18. The van der Waals surface area contributed by atoms with E-state index in [0.29, 0.717) is 6.54 Å². The highest BCUT2D eigenvalue weighted by molar-refractivity contribution is 4.64. The van der Waals surface area contributed by atoms with Crippen LogP contribution in [0.4, 0.5) is 13.2 Å². The Kier molecular flexibility index (Phi) is 5.44. The van der Waals surface area contributed by atoms with E-state index in [9.17, 15) is 13.2 Å². The summed E-state index contributed by atoms with van der Waals surface area (Å²) in [7, 11) is 0. The Labute approximate surface area is 82.8 Å². The second-order valence-electron chi connectivity index (χ2n) is 4.41. The first-order valence-electron chi connectivity index (χ1n) is 4.56. The summed E-state index contributed by atoms with van der Waals surface area (Å²) in [6.07, 6.45) is -4.22. The fourth-order valence-corrected chi connectivity index (χ4v) is 0.796. The average molecular weight is 213 g/mol. The molecule has 0 aliphatic carbocycles. The number of nitrogens with one attached hydrogen (secondary N) is 1. The van der Waals surface area contributed by atoms with Crippen molar-refractivity contribution in [1.29, 1.82) is 0 Å². The molecular weight excluding hydrogens is 195 g/mol. The van der Waals surface area contributed by atoms with Crippen LogP contribution in [-0.2, 0) is 4.74 Å². The summed E-state index contributed by atoms with van der Waals surface area (Å²) < 4.78 is 39.3. The summed E-state index contributed by atoms with van der Waals surface area (Å²) in [5, 5.41) is 3.02. The SMILES string of the molecule is CC(C)(C)CNCCOCC(F)(F)F. The number of halogens is 3. The van der Waals surface area contributed by atoms with Crippen molar-refractivity contribution >= 4 is 0 Å². The van der Waals surface area contributed by atoms with Crippen molar-refractivity contribution in [3.63, 3.8) is 0 Å². The molecule has 0 atom stereocenters. The van der Waals surface area contributed by atoms with Gasteiger partial charge in [0.2, 0.25) is 0 Å². The predicted octanol–water partition coefficient (Wildman–Crippen LogP) is 2.20. The summed E-state index contributed by atoms with van der Waals surface area (Å²) in [4.78, 5) is 0. The van der Waals surface area contributed by atoms with Gasteiger partial charge < -0.3 is 10.1 Å². The van der Waals surface area contributed by atoms with Gasteiger partial charge in [-0.2, -0.15) is 13.2 Å². The number of hydrogen-bond acceptors (Lipinski definition) is 2. The molecule has 0 bridgehead atoms. The van der Waals surface area contributed by atoms with Crippen LogP contribution in [0.2, 0.25) is 0 Å². The Morgan fingerprint density at radius 3 is 2.14 bits per heavy atom. The van der Waals surface area contributed by atoms with Crippen molar-refractivity contribution in [3.05, 3.63) is 0 Å². The van der Waals surface area contributed by atoms with E-state index in [0.717, 1.165) is 6.54 Å². The van der Waals surface area contributed by atoms with Gasteiger partial charge in [-0.05, 0) is 5.41 Å². The summed E-state index contributed by atoms with van der Waals surface area (Å²) >= 11 is 0. The Morgan fingerprint density at radius 1 is 1.14 bits per heavy atom. The topological polar surface area (TPSA) is 21.3 Å². The maximum absolute atomic E-state index is 11.6. The molecule has 0 aromatic carbocycles. The molecule has 0 saturated heterocycles. The van der Waals surface area contributed by atoms with Crippen molar-refractivity contribution in [2.75, 3.05) is 26.3 Å².